The number of hydrogen-bond donors (Lipinski definition) is 0. The van der Waals surface area contributed by atoms with Crippen LogP contribution in [0.4, 0.5) is 0 Å². The number of nitrogens with zero attached hydrogens (tertiary/aromatic N) is 2. The highest BCUT2D eigenvalue weighted by atomic mass is 79.9. The van der Waals surface area contributed by atoms with Gasteiger partial charge in [0, 0.05) is 11.5 Å². The Labute approximate surface area is 109 Å². The average Bonchev–Trinajstić information content (AvgIpc) is 2.36. The van der Waals surface area contributed by atoms with Crippen molar-refractivity contribution in [2.75, 3.05) is 14.2 Å². The number of carbonyl (C=O) groups excluding carboxylic acids is 1. The summed E-state index contributed by atoms with van der Waals surface area (Å²) in [4.78, 5) is 13.5. The predicted octanol–water partition coefficient (Wildman–Crippen LogP) is 2.44. The Kier molecular flexibility index (Phi) is 4.53. The summed E-state index contributed by atoms with van der Waals surface area (Å²) in [5.41, 5.74) is 0.481. The summed E-state index contributed by atoms with van der Waals surface area (Å²) >= 11 is 3.31. The van der Waals surface area contributed by atoms with Gasteiger partial charge in [-0.15, -0.1) is 0 Å². The quantitative estimate of drug-likeness (QED) is 0.861. The first-order valence-electron chi connectivity index (χ1n) is 5.01. The average molecular weight is 297 g/mol. The molecule has 5 heteroatoms. The second kappa shape index (κ2) is 5.69. The number of nitriles is 1. The van der Waals surface area contributed by atoms with E-state index in [1.807, 2.05) is 6.07 Å². The number of halogens is 1. The fourth-order valence-electron chi connectivity index (χ4n) is 1.25. The van der Waals surface area contributed by atoms with Crippen molar-refractivity contribution in [2.45, 2.75) is 13.0 Å². The maximum Gasteiger partial charge on any atom is 0.255 e. The lowest BCUT2D eigenvalue weighted by Crippen LogP contribution is -2.34. The molecule has 0 heterocycles. The summed E-state index contributed by atoms with van der Waals surface area (Å²) in [6.07, 6.45) is 0. The van der Waals surface area contributed by atoms with Gasteiger partial charge in [-0.2, -0.15) is 5.26 Å². The number of ether oxygens (including phenoxy) is 1. The summed E-state index contributed by atoms with van der Waals surface area (Å²) in [5.74, 6) is 0.388. The smallest absolute Gasteiger partial charge is 0.255 e. The Morgan fingerprint density at radius 1 is 1.59 bits per heavy atom. The molecule has 1 aromatic carbocycles. The standard InChI is InChI=1S/C12H13BrN2O2/c1-8(7-14)15(2)12(16)10-6-9(17-3)4-5-11(10)13/h4-6,8H,1-3H3. The maximum absolute atomic E-state index is 12.1. The highest BCUT2D eigenvalue weighted by Crippen LogP contribution is 2.23. The summed E-state index contributed by atoms with van der Waals surface area (Å²) < 4.78 is 5.75. The van der Waals surface area contributed by atoms with E-state index in [0.29, 0.717) is 15.8 Å². The monoisotopic (exact) mass is 296 g/mol. The first-order valence-corrected chi connectivity index (χ1v) is 5.81. The van der Waals surface area contributed by atoms with Crippen molar-refractivity contribution in [1.29, 1.82) is 5.26 Å². The van der Waals surface area contributed by atoms with Crippen LogP contribution < -0.4 is 4.74 Å². The Hall–Kier alpha value is -1.54. The van der Waals surface area contributed by atoms with Crippen molar-refractivity contribution in [2.24, 2.45) is 0 Å². The molecule has 0 saturated heterocycles. The Morgan fingerprint density at radius 3 is 2.76 bits per heavy atom. The van der Waals surface area contributed by atoms with Crippen LogP contribution >= 0.6 is 15.9 Å². The van der Waals surface area contributed by atoms with Crippen LogP contribution in [0, 0.1) is 11.3 Å². The van der Waals surface area contributed by atoms with Crippen molar-refractivity contribution in [1.82, 2.24) is 4.90 Å². The van der Waals surface area contributed by atoms with Gasteiger partial charge in [0.1, 0.15) is 11.8 Å². The van der Waals surface area contributed by atoms with E-state index in [2.05, 4.69) is 15.9 Å². The predicted molar refractivity (Wildman–Crippen MR) is 67.9 cm³/mol. The van der Waals surface area contributed by atoms with Crippen molar-refractivity contribution >= 4 is 21.8 Å². The third kappa shape index (κ3) is 2.98. The zero-order chi connectivity index (χ0) is 13.0. The molecule has 0 aliphatic rings. The Bertz CT molecular complexity index is 468. The van der Waals surface area contributed by atoms with Gasteiger partial charge in [0.2, 0.25) is 0 Å². The molecule has 1 amide bonds. The van der Waals surface area contributed by atoms with Gasteiger partial charge in [-0.1, -0.05) is 0 Å². The minimum absolute atomic E-state index is 0.218. The van der Waals surface area contributed by atoms with Gasteiger partial charge >= 0.3 is 0 Å². The third-order valence-corrected chi connectivity index (χ3v) is 3.18. The van der Waals surface area contributed by atoms with E-state index in [9.17, 15) is 4.79 Å². The van der Waals surface area contributed by atoms with E-state index in [4.69, 9.17) is 10.00 Å². The lowest BCUT2D eigenvalue weighted by Gasteiger charge is -2.20. The summed E-state index contributed by atoms with van der Waals surface area (Å²) in [6, 6.07) is 6.70. The highest BCUT2D eigenvalue weighted by Gasteiger charge is 2.19. The lowest BCUT2D eigenvalue weighted by molar-refractivity contribution is 0.0772. The number of rotatable bonds is 3. The van der Waals surface area contributed by atoms with E-state index in [-0.39, 0.29) is 5.91 Å². The molecule has 0 aromatic heterocycles. The molecule has 1 aromatic rings. The van der Waals surface area contributed by atoms with Crippen LogP contribution in [0.1, 0.15) is 17.3 Å². The SMILES string of the molecule is COc1ccc(Br)c(C(=O)N(C)C(C)C#N)c1. The number of methoxy groups -OCH3 is 1. The molecule has 0 saturated carbocycles. The van der Waals surface area contributed by atoms with Crippen molar-refractivity contribution in [3.8, 4) is 11.8 Å². The van der Waals surface area contributed by atoms with Crippen LogP contribution in [0.3, 0.4) is 0 Å². The first kappa shape index (κ1) is 13.5. The van der Waals surface area contributed by atoms with E-state index >= 15 is 0 Å². The molecule has 4 nitrogen and oxygen atoms in total. The molecule has 0 spiro atoms. The van der Waals surface area contributed by atoms with E-state index in [1.165, 1.54) is 4.90 Å². The fourth-order valence-corrected chi connectivity index (χ4v) is 1.66. The molecular weight excluding hydrogens is 284 g/mol. The van der Waals surface area contributed by atoms with E-state index in [0.717, 1.165) is 0 Å². The van der Waals surface area contributed by atoms with Crippen molar-refractivity contribution < 1.29 is 9.53 Å². The zero-order valence-corrected chi connectivity index (χ0v) is 11.5. The van der Waals surface area contributed by atoms with Gasteiger partial charge in [-0.05, 0) is 41.1 Å². The van der Waals surface area contributed by atoms with Crippen LogP contribution in [0.15, 0.2) is 22.7 Å². The van der Waals surface area contributed by atoms with Crippen LogP contribution in [0.25, 0.3) is 0 Å². The first-order chi connectivity index (χ1) is 8.01. The lowest BCUT2D eigenvalue weighted by atomic mass is 10.1. The van der Waals surface area contributed by atoms with Crippen LogP contribution in [-0.4, -0.2) is 31.0 Å². The minimum Gasteiger partial charge on any atom is -0.497 e. The third-order valence-electron chi connectivity index (χ3n) is 2.49. The minimum atomic E-state index is -0.472. The summed E-state index contributed by atoms with van der Waals surface area (Å²) in [5, 5.41) is 8.79. The van der Waals surface area contributed by atoms with Gasteiger partial charge in [-0.3, -0.25) is 4.79 Å². The summed E-state index contributed by atoms with van der Waals surface area (Å²) in [7, 11) is 3.14. The molecule has 1 unspecified atom stereocenters. The molecule has 0 fully saturated rings. The topological polar surface area (TPSA) is 53.3 Å². The molecule has 1 atom stereocenters. The molecule has 1 rings (SSSR count). The molecule has 0 radical (unpaired) electrons. The van der Waals surface area contributed by atoms with Gasteiger partial charge in [-0.25, -0.2) is 0 Å². The molecule has 0 bridgehead atoms. The normalized spacial score (nSPS) is 11.5. The van der Waals surface area contributed by atoms with Crippen LogP contribution in [-0.2, 0) is 0 Å². The van der Waals surface area contributed by atoms with E-state index in [1.54, 1.807) is 39.3 Å². The molecule has 0 N–H and O–H groups in total. The van der Waals surface area contributed by atoms with Crippen molar-refractivity contribution in [3.63, 3.8) is 0 Å². The van der Waals surface area contributed by atoms with Crippen LogP contribution in [0.5, 0.6) is 5.75 Å². The number of hydrogen-bond acceptors (Lipinski definition) is 3. The van der Waals surface area contributed by atoms with E-state index < -0.39 is 6.04 Å². The fraction of sp³-hybridized carbons (Fsp3) is 0.333. The molecule has 17 heavy (non-hydrogen) atoms. The Balaban J connectivity index is 3.08. The largest absolute Gasteiger partial charge is 0.497 e. The second-order valence-electron chi connectivity index (χ2n) is 3.57. The number of amides is 1. The summed E-state index contributed by atoms with van der Waals surface area (Å²) in [6.45, 7) is 1.67. The Morgan fingerprint density at radius 2 is 2.24 bits per heavy atom. The van der Waals surface area contributed by atoms with Gasteiger partial charge in [0.05, 0.1) is 18.7 Å². The molecule has 0 aliphatic carbocycles. The van der Waals surface area contributed by atoms with Crippen molar-refractivity contribution in [3.05, 3.63) is 28.2 Å². The molecule has 0 aliphatic heterocycles. The number of carbonyl (C=O) groups is 1. The van der Waals surface area contributed by atoms with Gasteiger partial charge in [0.25, 0.3) is 5.91 Å². The molecular formula is C12H13BrN2O2. The van der Waals surface area contributed by atoms with Crippen LogP contribution in [0.2, 0.25) is 0 Å². The maximum atomic E-state index is 12.1. The zero-order valence-electron chi connectivity index (χ0n) is 9.90. The second-order valence-corrected chi connectivity index (χ2v) is 4.42. The molecule has 90 valence electrons. The van der Waals surface area contributed by atoms with Gasteiger partial charge in [0.15, 0.2) is 0 Å². The highest BCUT2D eigenvalue weighted by molar-refractivity contribution is 9.10. The van der Waals surface area contributed by atoms with Gasteiger partial charge < -0.3 is 9.64 Å². The number of benzene rings is 1.